The number of carbonyl (C=O) groups is 1. The summed E-state index contributed by atoms with van der Waals surface area (Å²) in [5.74, 6) is -0.868. The molecule has 0 fully saturated rings. The molecule has 1 rings (SSSR count). The molecule has 1 aromatic carbocycles. The predicted molar refractivity (Wildman–Crippen MR) is 64.7 cm³/mol. The molecule has 16 heavy (non-hydrogen) atoms. The van der Waals surface area contributed by atoms with E-state index in [1.54, 1.807) is 0 Å². The van der Waals surface area contributed by atoms with Crippen LogP contribution in [0.3, 0.4) is 0 Å². The summed E-state index contributed by atoms with van der Waals surface area (Å²) < 4.78 is 12.8. The zero-order valence-corrected chi connectivity index (χ0v) is 9.90. The zero-order valence-electron chi connectivity index (χ0n) is 9.08. The summed E-state index contributed by atoms with van der Waals surface area (Å²) in [6.07, 6.45) is 0. The molecule has 2 N–H and O–H groups in total. The van der Waals surface area contributed by atoms with Crippen LogP contribution >= 0.6 is 12.2 Å². The van der Waals surface area contributed by atoms with Crippen LogP contribution in [0.1, 0.15) is 24.2 Å². The maximum Gasteiger partial charge on any atom is 0.257 e. The number of hydrogen-bond donors (Lipinski definition) is 2. The van der Waals surface area contributed by atoms with Gasteiger partial charge in [-0.25, -0.2) is 4.39 Å². The van der Waals surface area contributed by atoms with E-state index in [9.17, 15) is 9.18 Å². The minimum atomic E-state index is -0.449. The Kier molecular flexibility index (Phi) is 4.37. The van der Waals surface area contributed by atoms with Crippen LogP contribution in [0.4, 0.5) is 4.39 Å². The van der Waals surface area contributed by atoms with Gasteiger partial charge < -0.3 is 5.32 Å². The fourth-order valence-corrected chi connectivity index (χ4v) is 1.43. The van der Waals surface area contributed by atoms with Gasteiger partial charge in [-0.1, -0.05) is 6.07 Å². The minimum absolute atomic E-state index is 0.139. The summed E-state index contributed by atoms with van der Waals surface area (Å²) in [4.78, 5) is 11.6. The van der Waals surface area contributed by atoms with E-state index >= 15 is 0 Å². The molecule has 0 saturated carbocycles. The van der Waals surface area contributed by atoms with Crippen LogP contribution in [0.2, 0.25) is 0 Å². The summed E-state index contributed by atoms with van der Waals surface area (Å²) in [5.41, 5.74) is 0.243. The van der Waals surface area contributed by atoms with Gasteiger partial charge in [-0.2, -0.15) is 0 Å². The number of benzene rings is 1. The van der Waals surface area contributed by atoms with Crippen molar-refractivity contribution in [2.75, 3.05) is 0 Å². The van der Waals surface area contributed by atoms with Gasteiger partial charge in [0, 0.05) is 11.6 Å². The van der Waals surface area contributed by atoms with Crippen molar-refractivity contribution < 1.29 is 9.18 Å². The summed E-state index contributed by atoms with van der Waals surface area (Å²) in [5, 5.41) is 5.57. The van der Waals surface area contributed by atoms with Crippen LogP contribution in [-0.2, 0) is 0 Å². The molecule has 1 aromatic rings. The average Bonchev–Trinajstić information content (AvgIpc) is 2.16. The van der Waals surface area contributed by atoms with Gasteiger partial charge in [0.15, 0.2) is 5.11 Å². The number of halogens is 1. The van der Waals surface area contributed by atoms with Crippen molar-refractivity contribution >= 4 is 23.2 Å². The Bertz CT molecular complexity index is 407. The summed E-state index contributed by atoms with van der Waals surface area (Å²) in [7, 11) is 0. The molecule has 0 atom stereocenters. The Labute approximate surface area is 99.0 Å². The number of amides is 1. The van der Waals surface area contributed by atoms with Gasteiger partial charge in [0.05, 0.1) is 0 Å². The molecule has 0 saturated heterocycles. The Hall–Kier alpha value is -1.49. The Morgan fingerprint density at radius 2 is 2.12 bits per heavy atom. The van der Waals surface area contributed by atoms with Crippen molar-refractivity contribution in [1.82, 2.24) is 10.6 Å². The minimum Gasteiger partial charge on any atom is -0.360 e. The molecule has 0 radical (unpaired) electrons. The third kappa shape index (κ3) is 3.94. The molecule has 0 aliphatic rings. The highest BCUT2D eigenvalue weighted by atomic mass is 32.1. The van der Waals surface area contributed by atoms with E-state index in [1.807, 2.05) is 13.8 Å². The zero-order chi connectivity index (χ0) is 12.1. The molecule has 0 aromatic heterocycles. The first-order chi connectivity index (χ1) is 7.49. The molecule has 0 heterocycles. The molecule has 0 aliphatic heterocycles. The van der Waals surface area contributed by atoms with Gasteiger partial charge in [0.2, 0.25) is 0 Å². The van der Waals surface area contributed by atoms with Gasteiger partial charge >= 0.3 is 0 Å². The second-order valence-electron chi connectivity index (χ2n) is 3.59. The lowest BCUT2D eigenvalue weighted by molar-refractivity contribution is 0.0976. The van der Waals surface area contributed by atoms with Gasteiger partial charge in [0.25, 0.3) is 5.91 Å². The van der Waals surface area contributed by atoms with Crippen LogP contribution in [0, 0.1) is 5.82 Å². The molecule has 0 spiro atoms. The van der Waals surface area contributed by atoms with E-state index in [4.69, 9.17) is 12.2 Å². The maximum absolute atomic E-state index is 12.8. The van der Waals surface area contributed by atoms with E-state index in [0.29, 0.717) is 0 Å². The van der Waals surface area contributed by atoms with Gasteiger partial charge in [-0.15, -0.1) is 0 Å². The molecule has 5 heteroatoms. The molecular formula is C11H13FN2OS. The topological polar surface area (TPSA) is 41.1 Å². The quantitative estimate of drug-likeness (QED) is 0.775. The number of nitrogens with one attached hydrogen (secondary N) is 2. The lowest BCUT2D eigenvalue weighted by atomic mass is 10.2. The molecule has 0 unspecified atom stereocenters. The van der Waals surface area contributed by atoms with E-state index < -0.39 is 11.7 Å². The smallest absolute Gasteiger partial charge is 0.257 e. The number of thiocarbonyl (C=S) groups is 1. The van der Waals surface area contributed by atoms with E-state index in [0.717, 1.165) is 6.07 Å². The standard InChI is InChI=1S/C11H13FN2OS/c1-7(2)13-11(16)14-10(15)8-4-3-5-9(12)6-8/h3-7H,1-2H3,(H2,13,14,15,16). The molecule has 3 nitrogen and oxygen atoms in total. The summed E-state index contributed by atoms with van der Waals surface area (Å²) >= 11 is 4.90. The molecule has 0 bridgehead atoms. The first-order valence-electron chi connectivity index (χ1n) is 4.86. The summed E-state index contributed by atoms with van der Waals surface area (Å²) in [6.45, 7) is 3.81. The summed E-state index contributed by atoms with van der Waals surface area (Å²) in [6, 6.07) is 5.58. The molecule has 1 amide bonds. The lowest BCUT2D eigenvalue weighted by Gasteiger charge is -2.11. The molecular weight excluding hydrogens is 227 g/mol. The van der Waals surface area contributed by atoms with Crippen molar-refractivity contribution in [3.63, 3.8) is 0 Å². The largest absolute Gasteiger partial charge is 0.360 e. The normalized spacial score (nSPS) is 10.0. The number of hydrogen-bond acceptors (Lipinski definition) is 2. The van der Waals surface area contributed by atoms with Crippen LogP contribution in [-0.4, -0.2) is 17.1 Å². The highest BCUT2D eigenvalue weighted by molar-refractivity contribution is 7.80. The van der Waals surface area contributed by atoms with Crippen LogP contribution in [0.5, 0.6) is 0 Å². The van der Waals surface area contributed by atoms with Crippen LogP contribution in [0.25, 0.3) is 0 Å². The second kappa shape index (κ2) is 5.55. The van der Waals surface area contributed by atoms with Crippen molar-refractivity contribution in [2.45, 2.75) is 19.9 Å². The third-order valence-corrected chi connectivity index (χ3v) is 1.95. The van der Waals surface area contributed by atoms with Gasteiger partial charge in [0.1, 0.15) is 5.82 Å². The molecule has 0 aliphatic carbocycles. The maximum atomic E-state index is 12.8. The average molecular weight is 240 g/mol. The van der Waals surface area contributed by atoms with Crippen molar-refractivity contribution in [2.24, 2.45) is 0 Å². The van der Waals surface area contributed by atoms with Crippen LogP contribution < -0.4 is 10.6 Å². The fourth-order valence-electron chi connectivity index (χ4n) is 1.10. The van der Waals surface area contributed by atoms with E-state index in [-0.39, 0.29) is 16.7 Å². The lowest BCUT2D eigenvalue weighted by Crippen LogP contribution is -2.42. The Morgan fingerprint density at radius 1 is 1.44 bits per heavy atom. The SMILES string of the molecule is CC(C)NC(=S)NC(=O)c1cccc(F)c1. The Morgan fingerprint density at radius 3 is 2.69 bits per heavy atom. The highest BCUT2D eigenvalue weighted by Gasteiger charge is 2.08. The van der Waals surface area contributed by atoms with Crippen molar-refractivity contribution in [3.8, 4) is 0 Å². The number of carbonyl (C=O) groups excluding carboxylic acids is 1. The second-order valence-corrected chi connectivity index (χ2v) is 4.00. The fraction of sp³-hybridized carbons (Fsp3) is 0.273. The highest BCUT2D eigenvalue weighted by Crippen LogP contribution is 2.02. The van der Waals surface area contributed by atoms with E-state index in [1.165, 1.54) is 18.2 Å². The monoisotopic (exact) mass is 240 g/mol. The first-order valence-corrected chi connectivity index (χ1v) is 5.27. The van der Waals surface area contributed by atoms with Crippen molar-refractivity contribution in [3.05, 3.63) is 35.6 Å². The third-order valence-electron chi connectivity index (χ3n) is 1.73. The number of rotatable bonds is 2. The first kappa shape index (κ1) is 12.6. The van der Waals surface area contributed by atoms with E-state index in [2.05, 4.69) is 10.6 Å². The predicted octanol–water partition coefficient (Wildman–Crippen LogP) is 1.84. The van der Waals surface area contributed by atoms with Gasteiger partial charge in [-0.05, 0) is 44.3 Å². The Balaban J connectivity index is 2.62. The van der Waals surface area contributed by atoms with Crippen LogP contribution in [0.15, 0.2) is 24.3 Å². The molecule has 86 valence electrons. The van der Waals surface area contributed by atoms with Gasteiger partial charge in [-0.3, -0.25) is 10.1 Å². The van der Waals surface area contributed by atoms with Crippen molar-refractivity contribution in [1.29, 1.82) is 0 Å².